The quantitative estimate of drug-likeness (QED) is 0.827. The third-order valence-electron chi connectivity index (χ3n) is 3.49. The maximum absolute atomic E-state index is 12.4. The molecule has 0 bridgehead atoms. The fourth-order valence-corrected chi connectivity index (χ4v) is 2.42. The fourth-order valence-electron chi connectivity index (χ4n) is 2.42. The molecule has 2 rings (SSSR count). The van der Waals surface area contributed by atoms with Crippen molar-refractivity contribution in [2.24, 2.45) is 0 Å². The minimum atomic E-state index is -0.763. The number of benzene rings is 1. The Bertz CT molecular complexity index is 503. The summed E-state index contributed by atoms with van der Waals surface area (Å²) in [6.45, 7) is 4.45. The zero-order valence-electron chi connectivity index (χ0n) is 11.8. The lowest BCUT2D eigenvalue weighted by atomic mass is 9.92. The van der Waals surface area contributed by atoms with Gasteiger partial charge in [0.25, 0.3) is 0 Å². The lowest BCUT2D eigenvalue weighted by molar-refractivity contribution is -0.129. The summed E-state index contributed by atoms with van der Waals surface area (Å²) in [4.78, 5) is 12.4. The molecule has 0 radical (unpaired) electrons. The number of ketones is 1. The van der Waals surface area contributed by atoms with Gasteiger partial charge < -0.3 is 9.47 Å². The molecule has 4 heteroatoms. The van der Waals surface area contributed by atoms with Crippen LogP contribution in [-0.4, -0.2) is 24.6 Å². The van der Waals surface area contributed by atoms with Crippen molar-refractivity contribution in [2.75, 3.05) is 6.61 Å². The van der Waals surface area contributed by atoms with E-state index in [2.05, 4.69) is 6.07 Å². The number of ether oxygens (including phenoxy) is 2. The van der Waals surface area contributed by atoms with E-state index in [1.165, 1.54) is 0 Å². The first kappa shape index (κ1) is 14.5. The van der Waals surface area contributed by atoms with Crippen molar-refractivity contribution in [1.29, 1.82) is 5.26 Å². The van der Waals surface area contributed by atoms with Gasteiger partial charge in [0.2, 0.25) is 0 Å². The number of carbonyl (C=O) groups is 1. The summed E-state index contributed by atoms with van der Waals surface area (Å²) < 4.78 is 10.9. The average Bonchev–Trinajstić information content (AvgIpc) is 2.88. The number of nitrogens with zero attached hydrogens (tertiary/aromatic N) is 1. The number of nitriles is 1. The molecule has 0 N–H and O–H groups in total. The van der Waals surface area contributed by atoms with Gasteiger partial charge in [-0.25, -0.2) is 0 Å². The standard InChI is InChI=1S/C16H19NO3/c1-3-19-13-7-5-12(6-8-13)14(10-17)16(18)15-9-4-11(2)20-15/h5-8,11,14-15H,3-4,9H2,1-2H3. The fraction of sp³-hybridized carbons (Fsp3) is 0.500. The second-order valence-corrected chi connectivity index (χ2v) is 4.98. The van der Waals surface area contributed by atoms with Crippen molar-refractivity contribution in [3.8, 4) is 11.8 Å². The Morgan fingerprint density at radius 1 is 1.45 bits per heavy atom. The Morgan fingerprint density at radius 2 is 2.15 bits per heavy atom. The normalized spacial score (nSPS) is 23.1. The first-order valence-electron chi connectivity index (χ1n) is 6.97. The maximum Gasteiger partial charge on any atom is 0.183 e. The van der Waals surface area contributed by atoms with Crippen LogP contribution in [0.3, 0.4) is 0 Å². The average molecular weight is 273 g/mol. The third-order valence-corrected chi connectivity index (χ3v) is 3.49. The highest BCUT2D eigenvalue weighted by Crippen LogP contribution is 2.27. The topological polar surface area (TPSA) is 59.3 Å². The molecule has 0 amide bonds. The molecule has 4 nitrogen and oxygen atoms in total. The highest BCUT2D eigenvalue weighted by Gasteiger charge is 2.33. The van der Waals surface area contributed by atoms with Crippen LogP contribution in [-0.2, 0) is 9.53 Å². The molecule has 1 heterocycles. The van der Waals surface area contributed by atoms with Gasteiger partial charge in [-0.15, -0.1) is 0 Å². The summed E-state index contributed by atoms with van der Waals surface area (Å²) in [6, 6.07) is 9.21. The predicted octanol–water partition coefficient (Wildman–Crippen LogP) is 2.83. The van der Waals surface area contributed by atoms with E-state index in [0.29, 0.717) is 18.6 Å². The first-order valence-corrected chi connectivity index (χ1v) is 6.97. The summed E-state index contributed by atoms with van der Waals surface area (Å²) >= 11 is 0. The molecule has 20 heavy (non-hydrogen) atoms. The predicted molar refractivity (Wildman–Crippen MR) is 74.5 cm³/mol. The largest absolute Gasteiger partial charge is 0.494 e. The third kappa shape index (κ3) is 3.17. The van der Waals surface area contributed by atoms with Gasteiger partial charge in [-0.2, -0.15) is 5.26 Å². The van der Waals surface area contributed by atoms with Crippen molar-refractivity contribution in [3.63, 3.8) is 0 Å². The van der Waals surface area contributed by atoms with E-state index in [0.717, 1.165) is 12.2 Å². The van der Waals surface area contributed by atoms with Gasteiger partial charge in [0.1, 0.15) is 17.8 Å². The van der Waals surface area contributed by atoms with Gasteiger partial charge >= 0.3 is 0 Å². The Labute approximate surface area is 119 Å². The Hall–Kier alpha value is -1.86. The van der Waals surface area contributed by atoms with Crippen molar-refractivity contribution < 1.29 is 14.3 Å². The van der Waals surface area contributed by atoms with E-state index in [-0.39, 0.29) is 11.9 Å². The lowest BCUT2D eigenvalue weighted by Crippen LogP contribution is -2.26. The van der Waals surface area contributed by atoms with Crippen LogP contribution in [0.25, 0.3) is 0 Å². The molecule has 0 saturated carbocycles. The van der Waals surface area contributed by atoms with Gasteiger partial charge in [0, 0.05) is 0 Å². The van der Waals surface area contributed by atoms with Crippen LogP contribution >= 0.6 is 0 Å². The molecule has 106 valence electrons. The molecule has 1 saturated heterocycles. The van der Waals surface area contributed by atoms with Crippen LogP contribution in [0, 0.1) is 11.3 Å². The summed E-state index contributed by atoms with van der Waals surface area (Å²) in [7, 11) is 0. The molecule has 1 aromatic rings. The molecule has 0 aliphatic carbocycles. The molecule has 1 aliphatic rings. The van der Waals surface area contributed by atoms with Crippen molar-refractivity contribution >= 4 is 5.78 Å². The van der Waals surface area contributed by atoms with Crippen LogP contribution in [0.4, 0.5) is 0 Å². The van der Waals surface area contributed by atoms with Crippen LogP contribution in [0.5, 0.6) is 5.75 Å². The molecule has 0 aromatic heterocycles. The molecule has 3 unspecified atom stereocenters. The van der Waals surface area contributed by atoms with Crippen LogP contribution < -0.4 is 4.74 Å². The van der Waals surface area contributed by atoms with Crippen LogP contribution in [0.2, 0.25) is 0 Å². The highest BCUT2D eigenvalue weighted by atomic mass is 16.5. The van der Waals surface area contributed by atoms with E-state index in [4.69, 9.17) is 9.47 Å². The van der Waals surface area contributed by atoms with Crippen LogP contribution in [0.1, 0.15) is 38.2 Å². The van der Waals surface area contributed by atoms with E-state index < -0.39 is 12.0 Å². The molecule has 1 aliphatic heterocycles. The molecular weight excluding hydrogens is 254 g/mol. The molecule has 1 aromatic carbocycles. The van der Waals surface area contributed by atoms with Gasteiger partial charge in [0.15, 0.2) is 5.78 Å². The lowest BCUT2D eigenvalue weighted by Gasteiger charge is -2.14. The number of Topliss-reactive ketones (excluding diaryl/α,β-unsaturated/α-hetero) is 1. The van der Waals surface area contributed by atoms with E-state index in [9.17, 15) is 10.1 Å². The number of hydrogen-bond acceptors (Lipinski definition) is 4. The number of hydrogen-bond donors (Lipinski definition) is 0. The second-order valence-electron chi connectivity index (χ2n) is 4.98. The van der Waals surface area contributed by atoms with E-state index in [1.807, 2.05) is 13.8 Å². The van der Waals surface area contributed by atoms with Crippen molar-refractivity contribution in [1.82, 2.24) is 0 Å². The highest BCUT2D eigenvalue weighted by molar-refractivity contribution is 5.92. The molecule has 3 atom stereocenters. The first-order chi connectivity index (χ1) is 9.65. The minimum absolute atomic E-state index is 0.101. The van der Waals surface area contributed by atoms with Crippen molar-refractivity contribution in [2.45, 2.75) is 44.8 Å². The number of carbonyl (C=O) groups excluding carboxylic acids is 1. The summed E-state index contributed by atoms with van der Waals surface area (Å²) in [6.07, 6.45) is 1.23. The van der Waals surface area contributed by atoms with E-state index in [1.54, 1.807) is 24.3 Å². The van der Waals surface area contributed by atoms with Gasteiger partial charge in [-0.3, -0.25) is 4.79 Å². The molecule has 1 fully saturated rings. The van der Waals surface area contributed by atoms with Gasteiger partial charge in [-0.05, 0) is 44.4 Å². The second kappa shape index (κ2) is 6.53. The smallest absolute Gasteiger partial charge is 0.183 e. The molecular formula is C16H19NO3. The zero-order valence-corrected chi connectivity index (χ0v) is 11.8. The number of rotatable bonds is 5. The van der Waals surface area contributed by atoms with Crippen molar-refractivity contribution in [3.05, 3.63) is 29.8 Å². The Kier molecular flexibility index (Phi) is 4.75. The minimum Gasteiger partial charge on any atom is -0.494 e. The van der Waals surface area contributed by atoms with E-state index >= 15 is 0 Å². The van der Waals surface area contributed by atoms with Gasteiger partial charge in [-0.1, -0.05) is 12.1 Å². The Balaban J connectivity index is 2.11. The summed E-state index contributed by atoms with van der Waals surface area (Å²) in [5.41, 5.74) is 0.698. The zero-order chi connectivity index (χ0) is 14.5. The summed E-state index contributed by atoms with van der Waals surface area (Å²) in [5.74, 6) is -0.159. The van der Waals surface area contributed by atoms with Crippen LogP contribution in [0.15, 0.2) is 24.3 Å². The Morgan fingerprint density at radius 3 is 2.65 bits per heavy atom. The maximum atomic E-state index is 12.4. The van der Waals surface area contributed by atoms with Gasteiger partial charge in [0.05, 0.1) is 18.8 Å². The summed E-state index contributed by atoms with van der Waals surface area (Å²) in [5, 5.41) is 9.29. The molecule has 0 spiro atoms. The monoisotopic (exact) mass is 273 g/mol. The SMILES string of the molecule is CCOc1ccc(C(C#N)C(=O)C2CCC(C)O2)cc1.